The third kappa shape index (κ3) is 4.32. The van der Waals surface area contributed by atoms with Crippen LogP contribution in [0.2, 0.25) is 0 Å². The summed E-state index contributed by atoms with van der Waals surface area (Å²) in [7, 11) is 0. The van der Waals surface area contributed by atoms with Gasteiger partial charge >= 0.3 is 0 Å². The van der Waals surface area contributed by atoms with Gasteiger partial charge in [-0.15, -0.1) is 0 Å². The fourth-order valence-electron chi connectivity index (χ4n) is 4.80. The Morgan fingerprint density at radius 2 is 1.23 bits per heavy atom. The Kier molecular flexibility index (Phi) is 6.13. The first-order valence-corrected chi connectivity index (χ1v) is 12.7. The number of aryl methyl sites for hydroxylation is 2. The molecule has 0 aliphatic carbocycles. The molecule has 0 saturated heterocycles. The lowest BCUT2D eigenvalue weighted by Crippen LogP contribution is -2.22. The van der Waals surface area contributed by atoms with Gasteiger partial charge in [-0.25, -0.2) is 0 Å². The van der Waals surface area contributed by atoms with Crippen LogP contribution in [0.1, 0.15) is 22.3 Å². The van der Waals surface area contributed by atoms with Crippen LogP contribution >= 0.6 is 0 Å². The van der Waals surface area contributed by atoms with E-state index in [-0.39, 0.29) is 11.8 Å². The zero-order valence-electron chi connectivity index (χ0n) is 21.6. The molecule has 39 heavy (non-hydrogen) atoms. The molecule has 5 aromatic rings. The third-order valence-electron chi connectivity index (χ3n) is 6.84. The van der Waals surface area contributed by atoms with Gasteiger partial charge in [0.1, 0.15) is 11.4 Å². The molecule has 0 atom stereocenters. The molecule has 0 unspecified atom stereocenters. The van der Waals surface area contributed by atoms with Crippen LogP contribution in [0.5, 0.6) is 5.88 Å². The van der Waals surface area contributed by atoms with E-state index in [4.69, 9.17) is 10.2 Å². The Bertz CT molecular complexity index is 1750. The van der Waals surface area contributed by atoms with E-state index in [0.29, 0.717) is 28.2 Å². The fraction of sp³-hybridized carbons (Fsp3) is 0.0606. The van der Waals surface area contributed by atoms with Gasteiger partial charge in [0.2, 0.25) is 5.88 Å². The maximum absolute atomic E-state index is 14.0. The summed E-state index contributed by atoms with van der Waals surface area (Å²) in [5.41, 5.74) is 6.92. The molecule has 0 saturated carbocycles. The number of hydrogen-bond acceptors (Lipinski definition) is 4. The van der Waals surface area contributed by atoms with Gasteiger partial charge in [0.05, 0.1) is 22.5 Å². The second-order valence-corrected chi connectivity index (χ2v) is 9.43. The summed E-state index contributed by atoms with van der Waals surface area (Å²) >= 11 is 0. The van der Waals surface area contributed by atoms with Gasteiger partial charge in [0.15, 0.2) is 0 Å². The number of aromatic nitrogens is 2. The first-order chi connectivity index (χ1) is 19.0. The largest absolute Gasteiger partial charge is 0.493 e. The Morgan fingerprint density at radius 1 is 0.692 bits per heavy atom. The lowest BCUT2D eigenvalue weighted by Gasteiger charge is -2.14. The number of rotatable bonds is 5. The minimum absolute atomic E-state index is 0.0507. The number of para-hydroxylation sites is 2. The van der Waals surface area contributed by atoms with E-state index in [2.05, 4.69) is 0 Å². The summed E-state index contributed by atoms with van der Waals surface area (Å²) in [6.45, 7) is 3.92. The summed E-state index contributed by atoms with van der Waals surface area (Å²) in [4.78, 5) is 14.0. The topological polar surface area (TPSA) is 70.7 Å². The van der Waals surface area contributed by atoms with Crippen LogP contribution in [-0.2, 0) is 4.79 Å². The predicted octanol–water partition coefficient (Wildman–Crippen LogP) is 6.70. The summed E-state index contributed by atoms with van der Waals surface area (Å²) in [5.74, 6) is -0.324. The summed E-state index contributed by atoms with van der Waals surface area (Å²) in [6, 6.07) is 34.7. The second-order valence-electron chi connectivity index (χ2n) is 9.43. The van der Waals surface area contributed by atoms with Crippen molar-refractivity contribution in [2.75, 3.05) is 5.01 Å². The Morgan fingerprint density at radius 3 is 1.85 bits per heavy atom. The monoisotopic (exact) mass is 510 g/mol. The number of benzene rings is 4. The summed E-state index contributed by atoms with van der Waals surface area (Å²) in [6.07, 6.45) is 1.71. The number of hydrazone groups is 1. The maximum atomic E-state index is 14.0. The average molecular weight is 511 g/mol. The fourth-order valence-corrected chi connectivity index (χ4v) is 4.80. The minimum Gasteiger partial charge on any atom is -0.493 e. The van der Waals surface area contributed by atoms with Gasteiger partial charge in [-0.3, -0.25) is 4.79 Å². The van der Waals surface area contributed by atoms with Crippen LogP contribution in [0.4, 0.5) is 5.69 Å². The zero-order chi connectivity index (χ0) is 26.9. The van der Waals surface area contributed by atoms with E-state index in [1.807, 2.05) is 123 Å². The predicted molar refractivity (Wildman–Crippen MR) is 155 cm³/mol. The first-order valence-electron chi connectivity index (χ1n) is 12.7. The van der Waals surface area contributed by atoms with E-state index in [1.54, 1.807) is 6.08 Å². The van der Waals surface area contributed by atoms with Crippen molar-refractivity contribution in [3.8, 4) is 22.8 Å². The van der Waals surface area contributed by atoms with Crippen molar-refractivity contribution in [3.63, 3.8) is 0 Å². The lowest BCUT2D eigenvalue weighted by atomic mass is 9.99. The van der Waals surface area contributed by atoms with Crippen LogP contribution in [0, 0.1) is 13.8 Å². The van der Waals surface area contributed by atoms with Crippen molar-refractivity contribution in [1.82, 2.24) is 9.78 Å². The molecule has 4 aromatic carbocycles. The number of hydrogen-bond donors (Lipinski definition) is 1. The molecule has 6 nitrogen and oxygen atoms in total. The van der Waals surface area contributed by atoms with E-state index in [9.17, 15) is 9.90 Å². The molecule has 1 aliphatic rings. The van der Waals surface area contributed by atoms with Gasteiger partial charge in [-0.1, -0.05) is 97.1 Å². The molecule has 6 rings (SSSR count). The average Bonchev–Trinajstić information content (AvgIpc) is 3.47. The van der Waals surface area contributed by atoms with E-state index >= 15 is 0 Å². The van der Waals surface area contributed by atoms with Crippen LogP contribution < -0.4 is 5.01 Å². The number of nitrogens with zero attached hydrogens (tertiary/aromatic N) is 4. The zero-order valence-corrected chi connectivity index (χ0v) is 21.6. The maximum Gasteiger partial charge on any atom is 0.281 e. The van der Waals surface area contributed by atoms with Gasteiger partial charge in [0.25, 0.3) is 5.91 Å². The van der Waals surface area contributed by atoms with E-state index in [1.165, 1.54) is 9.69 Å². The van der Waals surface area contributed by atoms with Crippen LogP contribution in [0.3, 0.4) is 0 Å². The van der Waals surface area contributed by atoms with Gasteiger partial charge in [0, 0.05) is 11.1 Å². The van der Waals surface area contributed by atoms with Gasteiger partial charge < -0.3 is 5.11 Å². The molecule has 0 radical (unpaired) electrons. The highest BCUT2D eigenvalue weighted by molar-refractivity contribution is 6.37. The Labute approximate surface area is 226 Å². The molecule has 1 aliphatic heterocycles. The molecule has 6 heteroatoms. The smallest absolute Gasteiger partial charge is 0.281 e. The molecule has 1 N–H and O–H groups in total. The number of carbonyl (C=O) groups is 1. The van der Waals surface area contributed by atoms with Crippen molar-refractivity contribution in [1.29, 1.82) is 0 Å². The lowest BCUT2D eigenvalue weighted by molar-refractivity contribution is -0.114. The van der Waals surface area contributed by atoms with Crippen molar-refractivity contribution in [2.24, 2.45) is 5.10 Å². The molecular formula is C33H26N4O2. The van der Waals surface area contributed by atoms with E-state index in [0.717, 1.165) is 27.9 Å². The van der Waals surface area contributed by atoms with Crippen LogP contribution in [-0.4, -0.2) is 26.5 Å². The molecule has 1 amide bonds. The molecule has 0 fully saturated rings. The van der Waals surface area contributed by atoms with Crippen LogP contribution in [0.15, 0.2) is 120 Å². The van der Waals surface area contributed by atoms with Gasteiger partial charge in [-0.05, 0) is 43.2 Å². The van der Waals surface area contributed by atoms with Crippen molar-refractivity contribution in [3.05, 3.63) is 137 Å². The minimum atomic E-state index is -0.273. The first kappa shape index (κ1) is 24.1. The van der Waals surface area contributed by atoms with Gasteiger partial charge in [-0.2, -0.15) is 19.9 Å². The molecule has 0 bridgehead atoms. The quantitative estimate of drug-likeness (QED) is 0.268. The van der Waals surface area contributed by atoms with Crippen molar-refractivity contribution >= 4 is 23.4 Å². The van der Waals surface area contributed by atoms with Crippen LogP contribution in [0.25, 0.3) is 23.0 Å². The highest BCUT2D eigenvalue weighted by atomic mass is 16.3. The van der Waals surface area contributed by atoms with Crippen molar-refractivity contribution < 1.29 is 9.90 Å². The molecule has 0 spiro atoms. The number of aromatic hydroxyl groups is 1. The molecule has 190 valence electrons. The number of anilines is 1. The standard InChI is InChI=1S/C33H26N4O2/c1-22-13-9-11-19-28(22)36-32(38)26(30(34-36)24-15-5-3-6-16-24)21-27-31(25-17-7-4-8-18-25)35-37(33(27)39)29-20-12-10-14-23(29)2/h3-21,38H,1-2H3/b27-21-. The molecular weight excluding hydrogens is 484 g/mol. The SMILES string of the molecule is Cc1ccccc1N1N=C(c2ccccc2)/C(=C/c2c(-c3ccccc3)nn(-c3ccccc3C)c2O)C1=O. The molecule has 1 aromatic heterocycles. The highest BCUT2D eigenvalue weighted by Gasteiger charge is 2.34. The third-order valence-corrected chi connectivity index (χ3v) is 6.84. The second kappa shape index (κ2) is 9.91. The highest BCUT2D eigenvalue weighted by Crippen LogP contribution is 2.37. The summed E-state index contributed by atoms with van der Waals surface area (Å²) in [5, 5.41) is 22.6. The summed E-state index contributed by atoms with van der Waals surface area (Å²) < 4.78 is 1.53. The number of amides is 1. The normalized spacial score (nSPS) is 14.2. The van der Waals surface area contributed by atoms with E-state index < -0.39 is 0 Å². The Balaban J connectivity index is 1.58. The van der Waals surface area contributed by atoms with Crippen molar-refractivity contribution in [2.45, 2.75) is 13.8 Å². The Hall–Kier alpha value is -5.23. The molecule has 2 heterocycles. The number of carbonyl (C=O) groups excluding carboxylic acids is 1.